The lowest BCUT2D eigenvalue weighted by Crippen LogP contribution is -1.97. The molecule has 0 atom stereocenters. The number of aromatic nitrogens is 1. The lowest BCUT2D eigenvalue weighted by Gasteiger charge is -2.07. The molecule has 0 saturated heterocycles. The summed E-state index contributed by atoms with van der Waals surface area (Å²) in [7, 11) is 0. The fourth-order valence-corrected chi connectivity index (χ4v) is 2.78. The Balaban J connectivity index is 2.77. The number of aryl methyl sites for hydroxylation is 3. The lowest BCUT2D eigenvalue weighted by atomic mass is 10.1. The summed E-state index contributed by atoms with van der Waals surface area (Å²) in [6.07, 6.45) is 2.18. The van der Waals surface area contributed by atoms with E-state index in [1.54, 1.807) is 0 Å². The molecule has 0 unspecified atom stereocenters. The van der Waals surface area contributed by atoms with Crippen molar-refractivity contribution in [3.8, 4) is 6.07 Å². The molecule has 0 spiro atoms. The molecule has 1 aromatic carbocycles. The molecule has 2 aromatic rings. The smallest absolute Gasteiger partial charge is 0.128 e. The molecule has 0 N–H and O–H groups in total. The van der Waals surface area contributed by atoms with Crippen LogP contribution in [0, 0.1) is 25.2 Å². The highest BCUT2D eigenvalue weighted by atomic mass is 35.5. The van der Waals surface area contributed by atoms with Crippen molar-refractivity contribution in [2.75, 3.05) is 0 Å². The Morgan fingerprint density at radius 1 is 1.33 bits per heavy atom. The van der Waals surface area contributed by atoms with Crippen LogP contribution in [0.1, 0.15) is 36.5 Å². The van der Waals surface area contributed by atoms with E-state index in [9.17, 15) is 5.26 Å². The minimum absolute atomic E-state index is 0.578. The van der Waals surface area contributed by atoms with Gasteiger partial charge in [-0.25, -0.2) is 0 Å². The highest BCUT2D eigenvalue weighted by molar-refractivity contribution is 6.32. The van der Waals surface area contributed by atoms with Crippen LogP contribution in [0.2, 0.25) is 5.15 Å². The SMILES string of the molecule is CCCCn1c(Cl)c(C#N)c2c(C)cc(C)cc21. The number of fused-ring (bicyclic) bond motifs is 1. The van der Waals surface area contributed by atoms with Crippen LogP contribution in [-0.4, -0.2) is 4.57 Å². The van der Waals surface area contributed by atoms with Gasteiger partial charge in [0.2, 0.25) is 0 Å². The predicted molar refractivity (Wildman–Crippen MR) is 76.0 cm³/mol. The molecule has 18 heavy (non-hydrogen) atoms. The summed E-state index contributed by atoms with van der Waals surface area (Å²) in [5.74, 6) is 0. The Bertz CT molecular complexity index is 632. The second-order valence-corrected chi connectivity index (χ2v) is 5.12. The van der Waals surface area contributed by atoms with Gasteiger partial charge < -0.3 is 4.57 Å². The third-order valence-corrected chi connectivity index (χ3v) is 3.68. The van der Waals surface area contributed by atoms with E-state index in [0.29, 0.717) is 10.7 Å². The van der Waals surface area contributed by atoms with Gasteiger partial charge in [-0.2, -0.15) is 5.26 Å². The third kappa shape index (κ3) is 2.00. The van der Waals surface area contributed by atoms with E-state index in [0.717, 1.165) is 35.9 Å². The van der Waals surface area contributed by atoms with Crippen molar-refractivity contribution in [2.45, 2.75) is 40.2 Å². The minimum Gasteiger partial charge on any atom is -0.330 e. The largest absolute Gasteiger partial charge is 0.330 e. The van der Waals surface area contributed by atoms with Gasteiger partial charge in [0, 0.05) is 11.9 Å². The topological polar surface area (TPSA) is 28.7 Å². The average Bonchev–Trinajstić information content (AvgIpc) is 2.59. The fraction of sp³-hybridized carbons (Fsp3) is 0.400. The molecule has 0 aliphatic rings. The van der Waals surface area contributed by atoms with Gasteiger partial charge in [0.15, 0.2) is 0 Å². The highest BCUT2D eigenvalue weighted by Crippen LogP contribution is 2.33. The van der Waals surface area contributed by atoms with Crippen LogP contribution < -0.4 is 0 Å². The van der Waals surface area contributed by atoms with Crippen molar-refractivity contribution in [3.63, 3.8) is 0 Å². The Hall–Kier alpha value is -1.46. The summed E-state index contributed by atoms with van der Waals surface area (Å²) in [6.45, 7) is 7.14. The molecule has 0 fully saturated rings. The van der Waals surface area contributed by atoms with Crippen LogP contribution >= 0.6 is 11.6 Å². The summed E-state index contributed by atoms with van der Waals surface area (Å²) in [6, 6.07) is 6.46. The van der Waals surface area contributed by atoms with E-state index < -0.39 is 0 Å². The molecular formula is C15H17ClN2. The molecule has 0 aliphatic carbocycles. The number of hydrogen-bond acceptors (Lipinski definition) is 1. The third-order valence-electron chi connectivity index (χ3n) is 3.29. The number of benzene rings is 1. The quantitative estimate of drug-likeness (QED) is 0.794. The van der Waals surface area contributed by atoms with E-state index >= 15 is 0 Å². The first-order chi connectivity index (χ1) is 8.60. The minimum atomic E-state index is 0.578. The van der Waals surface area contributed by atoms with Crippen molar-refractivity contribution in [3.05, 3.63) is 34.0 Å². The predicted octanol–water partition coefficient (Wildman–Crippen LogP) is 4.58. The van der Waals surface area contributed by atoms with Crippen LogP contribution in [0.3, 0.4) is 0 Å². The van der Waals surface area contributed by atoms with Gasteiger partial charge in [0.1, 0.15) is 11.2 Å². The molecule has 0 bridgehead atoms. The van der Waals surface area contributed by atoms with Crippen LogP contribution in [0.25, 0.3) is 10.9 Å². The molecule has 0 aliphatic heterocycles. The second kappa shape index (κ2) is 5.04. The maximum absolute atomic E-state index is 9.30. The summed E-state index contributed by atoms with van der Waals surface area (Å²) in [4.78, 5) is 0. The van der Waals surface area contributed by atoms with E-state index in [1.807, 2.05) is 6.92 Å². The van der Waals surface area contributed by atoms with Crippen LogP contribution in [0.15, 0.2) is 12.1 Å². The normalized spacial score (nSPS) is 10.8. The van der Waals surface area contributed by atoms with Gasteiger partial charge >= 0.3 is 0 Å². The van der Waals surface area contributed by atoms with Gasteiger partial charge in [-0.15, -0.1) is 0 Å². The number of unbranched alkanes of at least 4 members (excludes halogenated alkanes) is 1. The van der Waals surface area contributed by atoms with E-state index in [2.05, 4.69) is 36.6 Å². The Labute approximate surface area is 113 Å². The monoisotopic (exact) mass is 260 g/mol. The Morgan fingerprint density at radius 3 is 2.67 bits per heavy atom. The summed E-state index contributed by atoms with van der Waals surface area (Å²) >= 11 is 6.35. The van der Waals surface area contributed by atoms with E-state index in [-0.39, 0.29) is 0 Å². The molecule has 94 valence electrons. The van der Waals surface area contributed by atoms with Gasteiger partial charge in [-0.1, -0.05) is 31.0 Å². The van der Waals surface area contributed by atoms with Crippen molar-refractivity contribution in [1.82, 2.24) is 4.57 Å². The van der Waals surface area contributed by atoms with Gasteiger partial charge in [0.25, 0.3) is 0 Å². The van der Waals surface area contributed by atoms with Gasteiger partial charge in [-0.05, 0) is 37.5 Å². The standard InChI is InChI=1S/C15H17ClN2/c1-4-5-6-18-13-8-10(2)7-11(3)14(13)12(9-17)15(18)16/h7-8H,4-6H2,1-3H3. The number of halogens is 1. The highest BCUT2D eigenvalue weighted by Gasteiger charge is 2.17. The maximum atomic E-state index is 9.30. The summed E-state index contributed by atoms with van der Waals surface area (Å²) < 4.78 is 2.07. The molecule has 2 nitrogen and oxygen atoms in total. The first-order valence-electron chi connectivity index (χ1n) is 6.29. The molecule has 0 amide bonds. The Kier molecular flexibility index (Phi) is 3.63. The number of rotatable bonds is 3. The van der Waals surface area contributed by atoms with Crippen LogP contribution in [-0.2, 0) is 6.54 Å². The van der Waals surface area contributed by atoms with Crippen LogP contribution in [0.5, 0.6) is 0 Å². The number of hydrogen-bond donors (Lipinski definition) is 0. The second-order valence-electron chi connectivity index (χ2n) is 4.76. The van der Waals surface area contributed by atoms with Gasteiger partial charge in [-0.3, -0.25) is 0 Å². The first-order valence-corrected chi connectivity index (χ1v) is 6.67. The van der Waals surface area contributed by atoms with Crippen molar-refractivity contribution in [1.29, 1.82) is 5.26 Å². The van der Waals surface area contributed by atoms with Gasteiger partial charge in [0.05, 0.1) is 11.1 Å². The van der Waals surface area contributed by atoms with Crippen molar-refractivity contribution in [2.24, 2.45) is 0 Å². The molecule has 0 saturated carbocycles. The fourth-order valence-electron chi connectivity index (χ4n) is 2.46. The molecular weight excluding hydrogens is 244 g/mol. The number of nitriles is 1. The van der Waals surface area contributed by atoms with Crippen molar-refractivity contribution < 1.29 is 0 Å². The zero-order valence-corrected chi connectivity index (χ0v) is 11.8. The summed E-state index contributed by atoms with van der Waals surface area (Å²) in [5.41, 5.74) is 4.03. The lowest BCUT2D eigenvalue weighted by molar-refractivity contribution is 0.650. The zero-order valence-electron chi connectivity index (χ0n) is 11.0. The molecule has 3 heteroatoms. The molecule has 0 radical (unpaired) electrons. The average molecular weight is 261 g/mol. The van der Waals surface area contributed by atoms with E-state index in [1.165, 1.54) is 5.56 Å². The molecule has 2 rings (SSSR count). The first kappa shape index (κ1) is 13.0. The Morgan fingerprint density at radius 2 is 2.06 bits per heavy atom. The summed E-state index contributed by atoms with van der Waals surface area (Å²) in [5, 5.41) is 10.9. The molecule has 1 aromatic heterocycles. The van der Waals surface area contributed by atoms with E-state index in [4.69, 9.17) is 11.6 Å². The molecule has 1 heterocycles. The maximum Gasteiger partial charge on any atom is 0.128 e. The number of nitrogens with zero attached hydrogens (tertiary/aromatic N) is 2. The van der Waals surface area contributed by atoms with Crippen molar-refractivity contribution >= 4 is 22.5 Å². The van der Waals surface area contributed by atoms with Crippen LogP contribution in [0.4, 0.5) is 0 Å². The zero-order chi connectivity index (χ0) is 13.3.